The lowest BCUT2D eigenvalue weighted by Crippen LogP contribution is -2.48. The molecule has 1 saturated heterocycles. The lowest BCUT2D eigenvalue weighted by atomic mass is 9.76. The molecule has 0 aromatic carbocycles. The highest BCUT2D eigenvalue weighted by atomic mass is 19.4. The van der Waals surface area contributed by atoms with Gasteiger partial charge in [-0.3, -0.25) is 4.79 Å². The standard InChI is InChI=1S/C14H22F3NO2/c15-14(16,17)6-4-12(20)18-7-1-5-13(9-18,10-19)8-11-2-3-11/h11,19H,1-10H2/t13-/m0/s1. The van der Waals surface area contributed by atoms with Crippen molar-refractivity contribution in [3.8, 4) is 0 Å². The number of amides is 1. The van der Waals surface area contributed by atoms with Crippen LogP contribution in [0.1, 0.15) is 44.9 Å². The molecule has 2 fully saturated rings. The second-order valence-corrected chi connectivity index (χ2v) is 6.34. The van der Waals surface area contributed by atoms with Crippen LogP contribution in [-0.4, -0.2) is 41.8 Å². The van der Waals surface area contributed by atoms with Gasteiger partial charge in [0.2, 0.25) is 5.91 Å². The molecular formula is C14H22F3NO2. The number of carbonyl (C=O) groups is 1. The smallest absolute Gasteiger partial charge is 0.389 e. The van der Waals surface area contributed by atoms with Gasteiger partial charge in [-0.15, -0.1) is 0 Å². The van der Waals surface area contributed by atoms with Gasteiger partial charge in [-0.25, -0.2) is 0 Å². The van der Waals surface area contributed by atoms with Crippen molar-refractivity contribution < 1.29 is 23.1 Å². The van der Waals surface area contributed by atoms with Gasteiger partial charge in [0.1, 0.15) is 0 Å². The van der Waals surface area contributed by atoms with E-state index in [2.05, 4.69) is 0 Å². The third-order valence-corrected chi connectivity index (χ3v) is 4.39. The summed E-state index contributed by atoms with van der Waals surface area (Å²) in [4.78, 5) is 13.4. The quantitative estimate of drug-likeness (QED) is 0.846. The summed E-state index contributed by atoms with van der Waals surface area (Å²) in [6, 6.07) is 0. The molecule has 0 aromatic rings. The van der Waals surface area contributed by atoms with E-state index in [1.807, 2.05) is 0 Å². The Bertz CT molecular complexity index is 355. The summed E-state index contributed by atoms with van der Waals surface area (Å²) in [5.41, 5.74) is -0.284. The van der Waals surface area contributed by atoms with Gasteiger partial charge >= 0.3 is 6.18 Å². The molecule has 20 heavy (non-hydrogen) atoms. The Morgan fingerprint density at radius 1 is 1.35 bits per heavy atom. The molecule has 2 rings (SSSR count). The van der Waals surface area contributed by atoms with Gasteiger partial charge in [0.15, 0.2) is 0 Å². The minimum absolute atomic E-state index is 0.0204. The fraction of sp³-hybridized carbons (Fsp3) is 0.929. The fourth-order valence-corrected chi connectivity index (χ4v) is 3.12. The van der Waals surface area contributed by atoms with Crippen molar-refractivity contribution in [2.75, 3.05) is 19.7 Å². The Balaban J connectivity index is 1.89. The van der Waals surface area contributed by atoms with Gasteiger partial charge in [-0.1, -0.05) is 12.8 Å². The third-order valence-electron chi connectivity index (χ3n) is 4.39. The van der Waals surface area contributed by atoms with Crippen LogP contribution in [0.5, 0.6) is 0 Å². The molecule has 1 saturated carbocycles. The number of likely N-dealkylation sites (tertiary alicyclic amines) is 1. The zero-order valence-electron chi connectivity index (χ0n) is 11.6. The SMILES string of the molecule is O=C(CCC(F)(F)F)N1CCC[C@](CO)(CC2CC2)C1. The number of nitrogens with zero attached hydrogens (tertiary/aromatic N) is 1. The molecule has 0 bridgehead atoms. The predicted octanol–water partition coefficient (Wildman–Crippen LogP) is 2.73. The predicted molar refractivity (Wildman–Crippen MR) is 68.0 cm³/mol. The van der Waals surface area contributed by atoms with Crippen LogP contribution in [0.25, 0.3) is 0 Å². The van der Waals surface area contributed by atoms with E-state index in [0.717, 1.165) is 19.3 Å². The zero-order chi connectivity index (χ0) is 14.8. The van der Waals surface area contributed by atoms with E-state index in [9.17, 15) is 23.1 Å². The van der Waals surface area contributed by atoms with Gasteiger partial charge in [0.25, 0.3) is 0 Å². The summed E-state index contributed by atoms with van der Waals surface area (Å²) in [7, 11) is 0. The highest BCUT2D eigenvalue weighted by Gasteiger charge is 2.41. The van der Waals surface area contributed by atoms with Gasteiger partial charge in [-0.2, -0.15) is 13.2 Å². The average molecular weight is 293 g/mol. The van der Waals surface area contributed by atoms with Crippen molar-refractivity contribution in [1.82, 2.24) is 4.90 Å². The van der Waals surface area contributed by atoms with Crippen molar-refractivity contribution in [3.63, 3.8) is 0 Å². The first-order chi connectivity index (χ1) is 9.34. The number of halogens is 3. The summed E-state index contributed by atoms with van der Waals surface area (Å²) < 4.78 is 36.5. The van der Waals surface area contributed by atoms with Gasteiger partial charge in [-0.05, 0) is 25.2 Å². The lowest BCUT2D eigenvalue weighted by Gasteiger charge is -2.42. The first-order valence-corrected chi connectivity index (χ1v) is 7.29. The van der Waals surface area contributed by atoms with Crippen LogP contribution in [0.2, 0.25) is 0 Å². The molecule has 1 atom stereocenters. The highest BCUT2D eigenvalue weighted by Crippen LogP contribution is 2.44. The Morgan fingerprint density at radius 3 is 2.60 bits per heavy atom. The van der Waals surface area contributed by atoms with Gasteiger partial charge in [0.05, 0.1) is 13.0 Å². The van der Waals surface area contributed by atoms with Gasteiger partial charge < -0.3 is 10.0 Å². The van der Waals surface area contributed by atoms with Crippen LogP contribution in [0.4, 0.5) is 13.2 Å². The van der Waals surface area contributed by atoms with Crippen LogP contribution in [0.3, 0.4) is 0 Å². The minimum atomic E-state index is -4.28. The van der Waals surface area contributed by atoms with E-state index in [-0.39, 0.29) is 12.0 Å². The van der Waals surface area contributed by atoms with Crippen LogP contribution in [-0.2, 0) is 4.79 Å². The van der Waals surface area contributed by atoms with Crippen molar-refractivity contribution in [3.05, 3.63) is 0 Å². The Morgan fingerprint density at radius 2 is 2.05 bits per heavy atom. The van der Waals surface area contributed by atoms with Crippen molar-refractivity contribution >= 4 is 5.91 Å². The van der Waals surface area contributed by atoms with Crippen LogP contribution in [0.15, 0.2) is 0 Å². The molecule has 0 aromatic heterocycles. The number of aliphatic hydroxyl groups excluding tert-OH is 1. The average Bonchev–Trinajstić information content (AvgIpc) is 3.19. The fourth-order valence-electron chi connectivity index (χ4n) is 3.12. The highest BCUT2D eigenvalue weighted by molar-refractivity contribution is 5.76. The zero-order valence-corrected chi connectivity index (χ0v) is 11.6. The molecule has 0 spiro atoms. The molecule has 2 aliphatic rings. The van der Waals surface area contributed by atoms with E-state index in [4.69, 9.17) is 0 Å². The van der Waals surface area contributed by atoms with E-state index >= 15 is 0 Å². The Labute approximate surface area is 117 Å². The van der Waals surface area contributed by atoms with Crippen molar-refractivity contribution in [1.29, 1.82) is 0 Å². The van der Waals surface area contributed by atoms with Gasteiger partial charge in [0, 0.05) is 24.9 Å². The first kappa shape index (κ1) is 15.6. The Kier molecular flexibility index (Phi) is 4.62. The Hall–Kier alpha value is -0.780. The second kappa shape index (κ2) is 5.92. The lowest BCUT2D eigenvalue weighted by molar-refractivity contribution is -0.151. The van der Waals surface area contributed by atoms with E-state index in [1.54, 1.807) is 0 Å². The molecule has 1 N–H and O–H groups in total. The first-order valence-electron chi connectivity index (χ1n) is 7.29. The molecule has 1 heterocycles. The maximum atomic E-state index is 12.2. The number of aliphatic hydroxyl groups is 1. The summed E-state index contributed by atoms with van der Waals surface area (Å²) in [6.45, 7) is 0.951. The molecule has 1 aliphatic carbocycles. The minimum Gasteiger partial charge on any atom is -0.396 e. The number of alkyl halides is 3. The number of rotatable bonds is 5. The number of carbonyl (C=O) groups excluding carboxylic acids is 1. The van der Waals surface area contributed by atoms with Crippen LogP contribution in [0, 0.1) is 11.3 Å². The molecule has 3 nitrogen and oxygen atoms in total. The maximum absolute atomic E-state index is 12.2. The van der Waals surface area contributed by atoms with Crippen molar-refractivity contribution in [2.45, 2.75) is 51.1 Å². The van der Waals surface area contributed by atoms with E-state index in [1.165, 1.54) is 17.7 Å². The molecular weight excluding hydrogens is 271 g/mol. The topological polar surface area (TPSA) is 40.5 Å². The number of hydrogen-bond donors (Lipinski definition) is 1. The van der Waals surface area contributed by atoms with Crippen LogP contribution < -0.4 is 0 Å². The summed E-state index contributed by atoms with van der Waals surface area (Å²) in [6.07, 6.45) is -0.951. The van der Waals surface area contributed by atoms with Crippen molar-refractivity contribution in [2.24, 2.45) is 11.3 Å². The molecule has 116 valence electrons. The molecule has 1 aliphatic heterocycles. The summed E-state index contributed by atoms with van der Waals surface area (Å²) in [5.74, 6) is 0.197. The van der Waals surface area contributed by atoms with E-state index < -0.39 is 24.9 Å². The molecule has 0 unspecified atom stereocenters. The normalized spacial score (nSPS) is 27.7. The number of hydrogen-bond acceptors (Lipinski definition) is 2. The maximum Gasteiger partial charge on any atom is 0.389 e. The monoisotopic (exact) mass is 293 g/mol. The third kappa shape index (κ3) is 4.36. The van der Waals surface area contributed by atoms with Crippen LogP contribution >= 0.6 is 0 Å². The van der Waals surface area contributed by atoms with E-state index in [0.29, 0.717) is 19.0 Å². The molecule has 1 amide bonds. The summed E-state index contributed by atoms with van der Waals surface area (Å²) in [5, 5.41) is 9.66. The largest absolute Gasteiger partial charge is 0.396 e. The molecule has 0 radical (unpaired) electrons. The number of piperidine rings is 1. The second-order valence-electron chi connectivity index (χ2n) is 6.34. The molecule has 6 heteroatoms. The summed E-state index contributed by atoms with van der Waals surface area (Å²) >= 11 is 0.